The number of thioether (sulfide) groups is 1. The lowest BCUT2D eigenvalue weighted by Gasteiger charge is -2.30. The molecular weight excluding hydrogens is 358 g/mol. The number of aryl methyl sites for hydroxylation is 2. The van der Waals surface area contributed by atoms with Crippen molar-refractivity contribution in [1.29, 1.82) is 0 Å². The third kappa shape index (κ3) is 4.12. The van der Waals surface area contributed by atoms with Gasteiger partial charge in [-0.1, -0.05) is 18.7 Å². The predicted molar refractivity (Wildman–Crippen MR) is 99.2 cm³/mol. The Bertz CT molecular complexity index is 806. The zero-order chi connectivity index (χ0) is 18.0. The molecule has 6 nitrogen and oxygen atoms in total. The van der Waals surface area contributed by atoms with E-state index < -0.39 is 11.9 Å². The average Bonchev–Trinajstić information content (AvgIpc) is 3.02. The first-order chi connectivity index (χ1) is 12.0. The molecule has 2 aromatic rings. The van der Waals surface area contributed by atoms with Crippen LogP contribution in [0.25, 0.3) is 10.2 Å². The highest BCUT2D eigenvalue weighted by atomic mass is 32.2. The van der Waals surface area contributed by atoms with Gasteiger partial charge < -0.3 is 10.0 Å². The Hall–Kier alpha value is -1.67. The van der Waals surface area contributed by atoms with Gasteiger partial charge in [-0.2, -0.15) is 0 Å². The molecule has 0 bridgehead atoms. The second-order valence-electron chi connectivity index (χ2n) is 6.17. The van der Waals surface area contributed by atoms with Gasteiger partial charge in [0.25, 0.3) is 0 Å². The van der Waals surface area contributed by atoms with E-state index in [4.69, 9.17) is 5.11 Å². The van der Waals surface area contributed by atoms with Crippen LogP contribution in [0.1, 0.15) is 30.5 Å². The summed E-state index contributed by atoms with van der Waals surface area (Å²) in [5.41, 5.74) is 0. The maximum absolute atomic E-state index is 12.5. The van der Waals surface area contributed by atoms with Crippen molar-refractivity contribution in [3.63, 3.8) is 0 Å². The smallest absolute Gasteiger partial charge is 0.308 e. The fourth-order valence-electron chi connectivity index (χ4n) is 2.96. The molecule has 0 aliphatic carbocycles. The summed E-state index contributed by atoms with van der Waals surface area (Å²) in [6, 6.07) is 2.10. The Morgan fingerprint density at radius 3 is 2.96 bits per heavy atom. The zero-order valence-electron chi connectivity index (χ0n) is 14.3. The van der Waals surface area contributed by atoms with Crippen molar-refractivity contribution >= 4 is 45.2 Å². The highest BCUT2D eigenvalue weighted by Gasteiger charge is 2.28. The molecule has 134 valence electrons. The number of amides is 1. The fraction of sp³-hybridized carbons (Fsp3) is 0.529. The van der Waals surface area contributed by atoms with Crippen molar-refractivity contribution in [2.24, 2.45) is 5.92 Å². The second-order valence-corrected chi connectivity index (χ2v) is 8.25. The van der Waals surface area contributed by atoms with E-state index >= 15 is 0 Å². The lowest BCUT2D eigenvalue weighted by atomic mass is 9.98. The van der Waals surface area contributed by atoms with Gasteiger partial charge in [0, 0.05) is 23.4 Å². The molecule has 0 aromatic carbocycles. The van der Waals surface area contributed by atoms with E-state index in [2.05, 4.69) is 23.0 Å². The Morgan fingerprint density at radius 1 is 1.44 bits per heavy atom. The number of likely N-dealkylation sites (tertiary alicyclic amines) is 1. The Kier molecular flexibility index (Phi) is 5.58. The minimum atomic E-state index is -0.816. The number of nitrogens with zero attached hydrogens (tertiary/aromatic N) is 3. The van der Waals surface area contributed by atoms with Gasteiger partial charge in [-0.25, -0.2) is 9.97 Å². The van der Waals surface area contributed by atoms with Crippen LogP contribution in [0.2, 0.25) is 0 Å². The summed E-state index contributed by atoms with van der Waals surface area (Å²) >= 11 is 3.08. The number of hydrogen-bond donors (Lipinski definition) is 1. The Balaban J connectivity index is 1.70. The number of carbonyl (C=O) groups excluding carboxylic acids is 1. The Morgan fingerprint density at radius 2 is 2.24 bits per heavy atom. The molecule has 8 heteroatoms. The summed E-state index contributed by atoms with van der Waals surface area (Å²) in [7, 11) is 0. The second kappa shape index (κ2) is 7.70. The van der Waals surface area contributed by atoms with Crippen molar-refractivity contribution in [3.8, 4) is 0 Å². The predicted octanol–water partition coefficient (Wildman–Crippen LogP) is 2.98. The first-order valence-electron chi connectivity index (χ1n) is 8.38. The van der Waals surface area contributed by atoms with Crippen LogP contribution in [0.5, 0.6) is 0 Å². The molecule has 1 fully saturated rings. The van der Waals surface area contributed by atoms with Gasteiger partial charge in [-0.3, -0.25) is 9.59 Å². The van der Waals surface area contributed by atoms with Gasteiger partial charge >= 0.3 is 5.97 Å². The van der Waals surface area contributed by atoms with Crippen molar-refractivity contribution in [2.45, 2.75) is 38.1 Å². The molecule has 1 N–H and O–H groups in total. The van der Waals surface area contributed by atoms with Crippen LogP contribution in [-0.2, 0) is 16.0 Å². The molecule has 0 spiro atoms. The van der Waals surface area contributed by atoms with Crippen LogP contribution in [-0.4, -0.2) is 50.7 Å². The van der Waals surface area contributed by atoms with E-state index in [0.29, 0.717) is 25.3 Å². The minimum absolute atomic E-state index is 0.0219. The summed E-state index contributed by atoms with van der Waals surface area (Å²) in [5, 5.41) is 11.0. The van der Waals surface area contributed by atoms with E-state index in [1.165, 1.54) is 16.6 Å². The molecule has 0 radical (unpaired) electrons. The number of thiophene rings is 1. The number of rotatable bonds is 5. The number of fused-ring (bicyclic) bond motifs is 1. The highest BCUT2D eigenvalue weighted by Crippen LogP contribution is 2.32. The summed E-state index contributed by atoms with van der Waals surface area (Å²) in [6.07, 6.45) is 2.34. The average molecular weight is 380 g/mol. The minimum Gasteiger partial charge on any atom is -0.481 e. The van der Waals surface area contributed by atoms with E-state index in [0.717, 1.165) is 28.1 Å². The number of aromatic nitrogens is 2. The maximum atomic E-state index is 12.5. The molecule has 1 atom stereocenters. The molecule has 1 saturated heterocycles. The molecule has 3 rings (SSSR count). The van der Waals surface area contributed by atoms with Crippen LogP contribution in [0.3, 0.4) is 0 Å². The van der Waals surface area contributed by atoms with Crippen LogP contribution in [0.4, 0.5) is 0 Å². The van der Waals surface area contributed by atoms with Gasteiger partial charge in [0.2, 0.25) is 5.91 Å². The zero-order valence-corrected chi connectivity index (χ0v) is 16.0. The highest BCUT2D eigenvalue weighted by molar-refractivity contribution is 8.00. The quantitative estimate of drug-likeness (QED) is 0.635. The van der Waals surface area contributed by atoms with E-state index in [9.17, 15) is 9.59 Å². The van der Waals surface area contributed by atoms with Crippen LogP contribution >= 0.6 is 23.1 Å². The SMILES string of the molecule is CCc1cc2c(SCC(=O)N3CCCC(C(=O)O)C3)nc(C)nc2s1. The first-order valence-corrected chi connectivity index (χ1v) is 10.2. The summed E-state index contributed by atoms with van der Waals surface area (Å²) < 4.78 is 0. The lowest BCUT2D eigenvalue weighted by molar-refractivity contribution is -0.145. The number of carboxylic acid groups (broad SMARTS) is 1. The van der Waals surface area contributed by atoms with Gasteiger partial charge in [0.05, 0.1) is 11.7 Å². The van der Waals surface area contributed by atoms with Crippen molar-refractivity contribution in [3.05, 3.63) is 16.8 Å². The number of aliphatic carboxylic acids is 1. The largest absolute Gasteiger partial charge is 0.481 e. The van der Waals surface area contributed by atoms with Gasteiger partial charge in [0.1, 0.15) is 15.7 Å². The standard InChI is InChI=1S/C17H21N3O3S2/c1-3-12-7-13-15(18-10(2)19-16(13)25-12)24-9-14(21)20-6-4-5-11(8-20)17(22)23/h7,11H,3-6,8-9H2,1-2H3,(H,22,23). The van der Waals surface area contributed by atoms with Crippen molar-refractivity contribution < 1.29 is 14.7 Å². The number of carbonyl (C=O) groups is 2. The van der Waals surface area contributed by atoms with E-state index in [1.807, 2.05) is 6.92 Å². The molecule has 25 heavy (non-hydrogen) atoms. The third-order valence-corrected chi connectivity index (χ3v) is 6.47. The molecule has 0 saturated carbocycles. The van der Waals surface area contributed by atoms with Gasteiger partial charge in [0.15, 0.2) is 0 Å². The number of piperidine rings is 1. The van der Waals surface area contributed by atoms with E-state index in [-0.39, 0.29) is 11.7 Å². The monoisotopic (exact) mass is 379 g/mol. The lowest BCUT2D eigenvalue weighted by Crippen LogP contribution is -2.43. The fourth-order valence-corrected chi connectivity index (χ4v) is 4.99. The topological polar surface area (TPSA) is 83.4 Å². The molecule has 1 aliphatic heterocycles. The molecule has 1 unspecified atom stereocenters. The van der Waals surface area contributed by atoms with Gasteiger partial charge in [-0.15, -0.1) is 11.3 Å². The van der Waals surface area contributed by atoms with Gasteiger partial charge in [-0.05, 0) is 32.3 Å². The van der Waals surface area contributed by atoms with Crippen LogP contribution in [0, 0.1) is 12.8 Å². The molecule has 1 aliphatic rings. The van der Waals surface area contributed by atoms with Crippen LogP contribution < -0.4 is 0 Å². The van der Waals surface area contributed by atoms with Crippen LogP contribution in [0.15, 0.2) is 11.1 Å². The Labute approximate surface area is 154 Å². The molecule has 3 heterocycles. The first kappa shape index (κ1) is 18.1. The number of hydrogen-bond acceptors (Lipinski definition) is 6. The normalized spacial score (nSPS) is 17.8. The summed E-state index contributed by atoms with van der Waals surface area (Å²) in [6.45, 7) is 4.92. The summed E-state index contributed by atoms with van der Waals surface area (Å²) in [5.74, 6) is -0.305. The van der Waals surface area contributed by atoms with Crippen molar-refractivity contribution in [2.75, 3.05) is 18.8 Å². The molecule has 1 amide bonds. The van der Waals surface area contributed by atoms with E-state index in [1.54, 1.807) is 16.2 Å². The summed E-state index contributed by atoms with van der Waals surface area (Å²) in [4.78, 5) is 36.5. The maximum Gasteiger partial charge on any atom is 0.308 e. The molecule has 2 aromatic heterocycles. The third-order valence-electron chi connectivity index (χ3n) is 4.32. The van der Waals surface area contributed by atoms with Crippen molar-refractivity contribution in [1.82, 2.24) is 14.9 Å². The number of carboxylic acids is 1. The molecular formula is C17H21N3O3S2.